The molecule has 154 valence electrons. The van der Waals surface area contributed by atoms with Crippen LogP contribution in [0, 0.1) is 23.7 Å². The van der Waals surface area contributed by atoms with E-state index in [4.69, 9.17) is 4.74 Å². The lowest BCUT2D eigenvalue weighted by Gasteiger charge is -2.28. The van der Waals surface area contributed by atoms with Crippen molar-refractivity contribution in [3.05, 3.63) is 29.8 Å². The second kappa shape index (κ2) is 7.49. The highest BCUT2D eigenvalue weighted by atomic mass is 79.9. The number of esters is 1. The summed E-state index contributed by atoms with van der Waals surface area (Å²) >= 11 is 7.41. The Labute approximate surface area is 186 Å². The molecule has 29 heavy (non-hydrogen) atoms. The van der Waals surface area contributed by atoms with Crippen LogP contribution < -0.4 is 4.90 Å². The quantitative estimate of drug-likeness (QED) is 0.333. The first-order valence-electron chi connectivity index (χ1n) is 10.4. The predicted molar refractivity (Wildman–Crippen MR) is 115 cm³/mol. The standard InChI is InChI=1S/C22H23Br2NO4/c23-18-14-10-15(19(18)24)17-16(14)20(26)25(21(17)27)12-8-6-11(7-9-12)22(28)29-13-4-2-1-3-5-13/h6-9,13-19H,1-5,10H2/t14-,15+,16-,17-,18-,19+/m0/s1. The van der Waals surface area contributed by atoms with Crippen LogP contribution in [0.3, 0.4) is 0 Å². The Morgan fingerprint density at radius 3 is 2.00 bits per heavy atom. The summed E-state index contributed by atoms with van der Waals surface area (Å²) in [4.78, 5) is 40.4. The van der Waals surface area contributed by atoms with Gasteiger partial charge in [0.2, 0.25) is 11.8 Å². The van der Waals surface area contributed by atoms with E-state index >= 15 is 0 Å². The van der Waals surface area contributed by atoms with Crippen LogP contribution in [0.5, 0.6) is 0 Å². The first-order valence-corrected chi connectivity index (χ1v) is 12.3. The number of carbonyl (C=O) groups is 3. The highest BCUT2D eigenvalue weighted by molar-refractivity contribution is 9.12. The fourth-order valence-corrected chi connectivity index (χ4v) is 7.63. The number of halogens is 2. The van der Waals surface area contributed by atoms with Gasteiger partial charge in [-0.25, -0.2) is 4.79 Å². The van der Waals surface area contributed by atoms with E-state index in [2.05, 4.69) is 31.9 Å². The van der Waals surface area contributed by atoms with E-state index in [-0.39, 0.29) is 57.2 Å². The summed E-state index contributed by atoms with van der Waals surface area (Å²) in [6, 6.07) is 6.69. The third kappa shape index (κ3) is 3.11. The summed E-state index contributed by atoms with van der Waals surface area (Å²) in [5.41, 5.74) is 1.000. The Morgan fingerprint density at radius 1 is 0.897 bits per heavy atom. The second-order valence-electron chi connectivity index (χ2n) is 8.73. The Bertz CT molecular complexity index is 819. The van der Waals surface area contributed by atoms with Crippen molar-refractivity contribution in [3.63, 3.8) is 0 Å². The largest absolute Gasteiger partial charge is 0.459 e. The van der Waals surface area contributed by atoms with Crippen LogP contribution in [0.4, 0.5) is 5.69 Å². The highest BCUT2D eigenvalue weighted by Gasteiger charge is 2.66. The molecule has 5 rings (SSSR count). The van der Waals surface area contributed by atoms with Crippen LogP contribution in [0.15, 0.2) is 24.3 Å². The van der Waals surface area contributed by atoms with Gasteiger partial charge in [-0.1, -0.05) is 38.3 Å². The summed E-state index contributed by atoms with van der Waals surface area (Å²) in [5, 5.41) is 0. The molecule has 1 aliphatic heterocycles. The van der Waals surface area contributed by atoms with Crippen LogP contribution in [-0.4, -0.2) is 33.5 Å². The van der Waals surface area contributed by atoms with Gasteiger partial charge in [-0.15, -0.1) is 0 Å². The average Bonchev–Trinajstić information content (AvgIpc) is 3.34. The van der Waals surface area contributed by atoms with Gasteiger partial charge in [-0.2, -0.15) is 0 Å². The minimum Gasteiger partial charge on any atom is -0.459 e. The van der Waals surface area contributed by atoms with E-state index in [0.29, 0.717) is 11.3 Å². The number of anilines is 1. The molecule has 2 amide bonds. The zero-order valence-electron chi connectivity index (χ0n) is 15.9. The number of amides is 2. The summed E-state index contributed by atoms with van der Waals surface area (Å²) in [6.45, 7) is 0. The molecule has 2 bridgehead atoms. The summed E-state index contributed by atoms with van der Waals surface area (Å²) in [6.07, 6.45) is 6.18. The number of rotatable bonds is 3. The third-order valence-corrected chi connectivity index (χ3v) is 10.4. The van der Waals surface area contributed by atoms with Crippen molar-refractivity contribution >= 4 is 55.3 Å². The van der Waals surface area contributed by atoms with Gasteiger partial charge in [0.15, 0.2) is 0 Å². The van der Waals surface area contributed by atoms with Gasteiger partial charge in [0, 0.05) is 9.65 Å². The maximum Gasteiger partial charge on any atom is 0.338 e. The van der Waals surface area contributed by atoms with Crippen LogP contribution in [-0.2, 0) is 14.3 Å². The zero-order valence-corrected chi connectivity index (χ0v) is 19.1. The molecule has 4 fully saturated rings. The van der Waals surface area contributed by atoms with Gasteiger partial charge >= 0.3 is 5.97 Å². The number of ether oxygens (including phenoxy) is 1. The monoisotopic (exact) mass is 523 g/mol. The summed E-state index contributed by atoms with van der Waals surface area (Å²) in [5.74, 6) is -0.617. The molecule has 6 atom stereocenters. The van der Waals surface area contributed by atoms with Crippen molar-refractivity contribution in [2.75, 3.05) is 4.90 Å². The number of hydrogen-bond donors (Lipinski definition) is 0. The van der Waals surface area contributed by atoms with E-state index in [1.807, 2.05) is 0 Å². The zero-order chi connectivity index (χ0) is 20.3. The molecule has 3 saturated carbocycles. The Hall–Kier alpha value is -1.21. The van der Waals surface area contributed by atoms with Crippen LogP contribution in [0.1, 0.15) is 48.9 Å². The van der Waals surface area contributed by atoms with Gasteiger partial charge in [0.1, 0.15) is 6.10 Å². The SMILES string of the molecule is O=C(OC1CCCCC1)c1ccc(N2C(=O)[C@H]3[C@@H]4C[C@@H]([C@@H](Br)[C@H]4Br)[C@@H]3C2=O)cc1. The number of fused-ring (bicyclic) bond motifs is 5. The molecule has 1 aromatic carbocycles. The fourth-order valence-electron chi connectivity index (χ4n) is 5.75. The third-order valence-electron chi connectivity index (χ3n) is 7.17. The summed E-state index contributed by atoms with van der Waals surface area (Å²) < 4.78 is 5.61. The maximum atomic E-state index is 13.1. The predicted octanol–water partition coefficient (Wildman–Crippen LogP) is 4.46. The van der Waals surface area contributed by atoms with Crippen LogP contribution >= 0.6 is 31.9 Å². The lowest BCUT2D eigenvalue weighted by atomic mass is 9.81. The van der Waals surface area contributed by atoms with Crippen molar-refractivity contribution in [1.29, 1.82) is 0 Å². The fraction of sp³-hybridized carbons (Fsp3) is 0.591. The molecule has 1 heterocycles. The number of hydrogen-bond acceptors (Lipinski definition) is 4. The second-order valence-corrected chi connectivity index (χ2v) is 10.8. The number of imide groups is 1. The molecule has 3 aliphatic carbocycles. The molecule has 0 aromatic heterocycles. The van der Waals surface area contributed by atoms with E-state index in [1.54, 1.807) is 24.3 Å². The van der Waals surface area contributed by atoms with E-state index in [9.17, 15) is 14.4 Å². The van der Waals surface area contributed by atoms with Crippen molar-refractivity contribution in [3.8, 4) is 0 Å². The number of benzene rings is 1. The van der Waals surface area contributed by atoms with Gasteiger partial charge < -0.3 is 4.74 Å². The van der Waals surface area contributed by atoms with Crippen LogP contribution in [0.2, 0.25) is 0 Å². The smallest absolute Gasteiger partial charge is 0.338 e. The van der Waals surface area contributed by atoms with Crippen molar-refractivity contribution in [2.45, 2.75) is 54.3 Å². The Kier molecular flexibility index (Phi) is 5.09. The van der Waals surface area contributed by atoms with Crippen molar-refractivity contribution in [2.24, 2.45) is 23.7 Å². The van der Waals surface area contributed by atoms with E-state index in [1.165, 1.54) is 11.3 Å². The topological polar surface area (TPSA) is 63.7 Å². The molecule has 1 aromatic rings. The molecule has 1 saturated heterocycles. The number of nitrogens with zero attached hydrogens (tertiary/aromatic N) is 1. The molecule has 4 aliphatic rings. The Balaban J connectivity index is 1.32. The molecule has 0 N–H and O–H groups in total. The lowest BCUT2D eigenvalue weighted by Crippen LogP contribution is -2.37. The molecule has 7 heteroatoms. The van der Waals surface area contributed by atoms with E-state index < -0.39 is 0 Å². The Morgan fingerprint density at radius 2 is 1.45 bits per heavy atom. The minimum absolute atomic E-state index is 0.00177. The van der Waals surface area contributed by atoms with Gasteiger partial charge in [0.25, 0.3) is 0 Å². The average molecular weight is 525 g/mol. The molecular weight excluding hydrogens is 502 g/mol. The lowest BCUT2D eigenvalue weighted by molar-refractivity contribution is -0.123. The number of carbonyl (C=O) groups excluding carboxylic acids is 3. The minimum atomic E-state index is -0.332. The molecule has 0 radical (unpaired) electrons. The normalized spacial score (nSPS) is 36.6. The molecular formula is C22H23Br2NO4. The van der Waals surface area contributed by atoms with E-state index in [0.717, 1.165) is 32.1 Å². The van der Waals surface area contributed by atoms with Crippen LogP contribution in [0.25, 0.3) is 0 Å². The first kappa shape index (κ1) is 19.7. The number of alkyl halides is 2. The molecule has 5 nitrogen and oxygen atoms in total. The van der Waals surface area contributed by atoms with Crippen molar-refractivity contribution in [1.82, 2.24) is 0 Å². The van der Waals surface area contributed by atoms with Gasteiger partial charge in [-0.05, 0) is 68.2 Å². The highest BCUT2D eigenvalue weighted by Crippen LogP contribution is 2.60. The van der Waals surface area contributed by atoms with Crippen molar-refractivity contribution < 1.29 is 19.1 Å². The molecule has 0 unspecified atom stereocenters. The molecule has 0 spiro atoms. The first-order chi connectivity index (χ1) is 14.0. The summed E-state index contributed by atoms with van der Waals surface area (Å²) in [7, 11) is 0. The maximum absolute atomic E-state index is 13.1. The van der Waals surface area contributed by atoms with Gasteiger partial charge in [-0.3, -0.25) is 14.5 Å². The van der Waals surface area contributed by atoms with Gasteiger partial charge in [0.05, 0.1) is 23.1 Å².